The lowest BCUT2D eigenvalue weighted by Crippen LogP contribution is -2.35. The first kappa shape index (κ1) is 12.3. The SMILES string of the molecule is NCC1CCN(Cc2ccc(O)c(F)c2)CC1. The number of phenols is 1. The highest BCUT2D eigenvalue weighted by Gasteiger charge is 2.18. The van der Waals surface area contributed by atoms with E-state index >= 15 is 0 Å². The Labute approximate surface area is 101 Å². The Morgan fingerprint density at radius 2 is 2.06 bits per heavy atom. The zero-order valence-electron chi connectivity index (χ0n) is 9.90. The van der Waals surface area contributed by atoms with Gasteiger partial charge in [-0.3, -0.25) is 4.90 Å². The molecule has 1 heterocycles. The average Bonchev–Trinajstić information content (AvgIpc) is 2.35. The van der Waals surface area contributed by atoms with E-state index in [-0.39, 0.29) is 5.75 Å². The summed E-state index contributed by atoms with van der Waals surface area (Å²) in [5.74, 6) is -0.183. The fourth-order valence-corrected chi connectivity index (χ4v) is 2.29. The van der Waals surface area contributed by atoms with Crippen molar-refractivity contribution >= 4 is 0 Å². The topological polar surface area (TPSA) is 49.5 Å². The van der Waals surface area contributed by atoms with Gasteiger partial charge in [0.1, 0.15) is 0 Å². The number of piperidine rings is 1. The molecule has 0 bridgehead atoms. The maximum Gasteiger partial charge on any atom is 0.165 e. The Morgan fingerprint density at radius 3 is 2.65 bits per heavy atom. The molecule has 0 atom stereocenters. The molecule has 1 fully saturated rings. The molecule has 1 aliphatic rings. The third-order valence-electron chi connectivity index (χ3n) is 3.46. The second-order valence-electron chi connectivity index (χ2n) is 4.74. The van der Waals surface area contributed by atoms with Crippen LogP contribution >= 0.6 is 0 Å². The number of rotatable bonds is 3. The highest BCUT2D eigenvalue weighted by molar-refractivity contribution is 5.27. The van der Waals surface area contributed by atoms with Crippen LogP contribution in [-0.2, 0) is 6.54 Å². The summed E-state index contributed by atoms with van der Waals surface area (Å²) in [6.07, 6.45) is 2.24. The van der Waals surface area contributed by atoms with Crippen molar-refractivity contribution < 1.29 is 9.50 Å². The first-order chi connectivity index (χ1) is 8.19. The highest BCUT2D eigenvalue weighted by atomic mass is 19.1. The van der Waals surface area contributed by atoms with Crippen molar-refractivity contribution in [2.24, 2.45) is 11.7 Å². The largest absolute Gasteiger partial charge is 0.505 e. The fourth-order valence-electron chi connectivity index (χ4n) is 2.29. The standard InChI is InChI=1S/C13H19FN2O/c14-12-7-11(1-2-13(12)17)9-16-5-3-10(8-15)4-6-16/h1-2,7,10,17H,3-6,8-9,15H2. The predicted molar refractivity (Wildman–Crippen MR) is 65.1 cm³/mol. The number of hydrogen-bond acceptors (Lipinski definition) is 3. The molecule has 0 aromatic heterocycles. The molecular weight excluding hydrogens is 219 g/mol. The van der Waals surface area contributed by atoms with Gasteiger partial charge < -0.3 is 10.8 Å². The van der Waals surface area contributed by atoms with Crippen molar-refractivity contribution in [3.63, 3.8) is 0 Å². The minimum atomic E-state index is -0.542. The molecule has 1 saturated heterocycles. The van der Waals surface area contributed by atoms with Crippen molar-refractivity contribution in [2.45, 2.75) is 19.4 Å². The van der Waals surface area contributed by atoms with Crippen molar-refractivity contribution in [1.29, 1.82) is 0 Å². The maximum atomic E-state index is 13.2. The predicted octanol–water partition coefficient (Wildman–Crippen LogP) is 1.70. The van der Waals surface area contributed by atoms with E-state index in [1.807, 2.05) is 0 Å². The summed E-state index contributed by atoms with van der Waals surface area (Å²) in [5, 5.41) is 9.11. The molecular formula is C13H19FN2O. The minimum absolute atomic E-state index is 0.282. The minimum Gasteiger partial charge on any atom is -0.505 e. The first-order valence-corrected chi connectivity index (χ1v) is 6.09. The summed E-state index contributed by atoms with van der Waals surface area (Å²) >= 11 is 0. The quantitative estimate of drug-likeness (QED) is 0.842. The van der Waals surface area contributed by atoms with Gasteiger partial charge in [0.25, 0.3) is 0 Å². The number of halogens is 1. The third-order valence-corrected chi connectivity index (χ3v) is 3.46. The lowest BCUT2D eigenvalue weighted by Gasteiger charge is -2.31. The van der Waals surface area contributed by atoms with Crippen LogP contribution in [0.25, 0.3) is 0 Å². The summed E-state index contributed by atoms with van der Waals surface area (Å²) in [5.41, 5.74) is 6.55. The van der Waals surface area contributed by atoms with Crippen LogP contribution in [0.4, 0.5) is 4.39 Å². The van der Waals surface area contributed by atoms with Crippen LogP contribution in [-0.4, -0.2) is 29.6 Å². The second kappa shape index (κ2) is 5.47. The Balaban J connectivity index is 1.91. The monoisotopic (exact) mass is 238 g/mol. The maximum absolute atomic E-state index is 13.2. The van der Waals surface area contributed by atoms with E-state index in [4.69, 9.17) is 10.8 Å². The van der Waals surface area contributed by atoms with Crippen LogP contribution in [0, 0.1) is 11.7 Å². The van der Waals surface area contributed by atoms with Gasteiger partial charge in [-0.05, 0) is 56.1 Å². The van der Waals surface area contributed by atoms with Gasteiger partial charge in [-0.1, -0.05) is 6.07 Å². The van der Waals surface area contributed by atoms with Gasteiger partial charge in [0.15, 0.2) is 11.6 Å². The van der Waals surface area contributed by atoms with E-state index < -0.39 is 5.82 Å². The molecule has 0 amide bonds. The Hall–Kier alpha value is -1.13. The molecule has 0 radical (unpaired) electrons. The second-order valence-corrected chi connectivity index (χ2v) is 4.74. The normalized spacial score (nSPS) is 18.5. The van der Waals surface area contributed by atoms with Gasteiger partial charge in [0.05, 0.1) is 0 Å². The van der Waals surface area contributed by atoms with Gasteiger partial charge in [-0.25, -0.2) is 4.39 Å². The van der Waals surface area contributed by atoms with Crippen molar-refractivity contribution in [1.82, 2.24) is 4.90 Å². The van der Waals surface area contributed by atoms with Crippen molar-refractivity contribution in [2.75, 3.05) is 19.6 Å². The molecule has 94 valence electrons. The highest BCUT2D eigenvalue weighted by Crippen LogP contribution is 2.20. The smallest absolute Gasteiger partial charge is 0.165 e. The number of benzene rings is 1. The average molecular weight is 238 g/mol. The molecule has 1 aromatic rings. The number of nitrogens with two attached hydrogens (primary N) is 1. The lowest BCUT2D eigenvalue weighted by atomic mass is 9.97. The molecule has 0 unspecified atom stereocenters. The van der Waals surface area contributed by atoms with Crippen LogP contribution in [0.5, 0.6) is 5.75 Å². The van der Waals surface area contributed by atoms with Gasteiger partial charge in [0, 0.05) is 6.54 Å². The van der Waals surface area contributed by atoms with E-state index in [1.54, 1.807) is 6.07 Å². The van der Waals surface area contributed by atoms with Crippen LogP contribution in [0.15, 0.2) is 18.2 Å². The number of likely N-dealkylation sites (tertiary alicyclic amines) is 1. The summed E-state index contributed by atoms with van der Waals surface area (Å²) in [6.45, 7) is 3.55. The first-order valence-electron chi connectivity index (χ1n) is 6.09. The summed E-state index contributed by atoms with van der Waals surface area (Å²) in [6, 6.07) is 4.59. The van der Waals surface area contributed by atoms with Crippen LogP contribution in [0.3, 0.4) is 0 Å². The van der Waals surface area contributed by atoms with E-state index in [1.165, 1.54) is 12.1 Å². The Kier molecular flexibility index (Phi) is 3.97. The third kappa shape index (κ3) is 3.17. The molecule has 17 heavy (non-hydrogen) atoms. The van der Waals surface area contributed by atoms with Crippen molar-refractivity contribution in [3.8, 4) is 5.75 Å². The number of aromatic hydroxyl groups is 1. The molecule has 1 aromatic carbocycles. The Morgan fingerprint density at radius 1 is 1.35 bits per heavy atom. The zero-order valence-corrected chi connectivity index (χ0v) is 9.90. The van der Waals surface area contributed by atoms with Gasteiger partial charge in [0.2, 0.25) is 0 Å². The fraction of sp³-hybridized carbons (Fsp3) is 0.538. The van der Waals surface area contributed by atoms with Gasteiger partial charge >= 0.3 is 0 Å². The number of phenolic OH excluding ortho intramolecular Hbond substituents is 1. The number of hydrogen-bond donors (Lipinski definition) is 2. The van der Waals surface area contributed by atoms with E-state index in [0.29, 0.717) is 5.92 Å². The van der Waals surface area contributed by atoms with E-state index in [9.17, 15) is 4.39 Å². The summed E-state index contributed by atoms with van der Waals surface area (Å²) in [7, 11) is 0. The van der Waals surface area contributed by atoms with E-state index in [0.717, 1.165) is 44.6 Å². The van der Waals surface area contributed by atoms with Crippen molar-refractivity contribution in [3.05, 3.63) is 29.6 Å². The summed E-state index contributed by atoms with van der Waals surface area (Å²) < 4.78 is 13.2. The van der Waals surface area contributed by atoms with Crippen LogP contribution in [0.2, 0.25) is 0 Å². The molecule has 1 aliphatic heterocycles. The van der Waals surface area contributed by atoms with Crippen LogP contribution in [0.1, 0.15) is 18.4 Å². The molecule has 3 nitrogen and oxygen atoms in total. The molecule has 2 rings (SSSR count). The van der Waals surface area contributed by atoms with E-state index in [2.05, 4.69) is 4.90 Å². The lowest BCUT2D eigenvalue weighted by molar-refractivity contribution is 0.180. The summed E-state index contributed by atoms with van der Waals surface area (Å²) in [4.78, 5) is 2.30. The Bertz CT molecular complexity index is 376. The number of nitrogens with zero attached hydrogens (tertiary/aromatic N) is 1. The van der Waals surface area contributed by atoms with Gasteiger partial charge in [-0.15, -0.1) is 0 Å². The zero-order chi connectivity index (χ0) is 12.3. The molecule has 0 saturated carbocycles. The molecule has 0 aliphatic carbocycles. The van der Waals surface area contributed by atoms with Crippen LogP contribution < -0.4 is 5.73 Å². The van der Waals surface area contributed by atoms with Gasteiger partial charge in [-0.2, -0.15) is 0 Å². The molecule has 3 N–H and O–H groups in total. The molecule has 0 spiro atoms. The molecule has 4 heteroatoms.